The van der Waals surface area contributed by atoms with Crippen LogP contribution in [0.25, 0.3) is 11.0 Å². The van der Waals surface area contributed by atoms with E-state index in [1.165, 1.54) is 6.20 Å². The second-order valence-electron chi connectivity index (χ2n) is 6.71. The van der Waals surface area contributed by atoms with Gasteiger partial charge in [-0.05, 0) is 18.9 Å². The second-order valence-corrected chi connectivity index (χ2v) is 6.71. The Morgan fingerprint density at radius 2 is 2.15 bits per heavy atom. The lowest BCUT2D eigenvalue weighted by atomic mass is 10.2. The SMILES string of the molecule is O=C(O)c1cn(C2CC2)c2nc(N3Cc4cn[nH]c4C3)c(F)cc2c1=O. The molecule has 0 radical (unpaired) electrons. The normalized spacial score (nSPS) is 16.3. The highest BCUT2D eigenvalue weighted by molar-refractivity contribution is 5.92. The molecule has 2 aliphatic rings. The Morgan fingerprint density at radius 1 is 1.35 bits per heavy atom. The summed E-state index contributed by atoms with van der Waals surface area (Å²) in [7, 11) is 0. The highest BCUT2D eigenvalue weighted by Gasteiger charge is 2.30. The van der Waals surface area contributed by atoms with Crippen molar-refractivity contribution in [3.8, 4) is 0 Å². The van der Waals surface area contributed by atoms with Crippen molar-refractivity contribution in [2.45, 2.75) is 32.0 Å². The minimum absolute atomic E-state index is 0.00238. The molecule has 1 aliphatic carbocycles. The number of carboxylic acid groups (broad SMARTS) is 1. The summed E-state index contributed by atoms with van der Waals surface area (Å²) >= 11 is 0. The largest absolute Gasteiger partial charge is 0.477 e. The molecule has 4 heterocycles. The number of aromatic amines is 1. The van der Waals surface area contributed by atoms with Crippen molar-refractivity contribution in [2.75, 3.05) is 4.90 Å². The van der Waals surface area contributed by atoms with E-state index in [9.17, 15) is 19.1 Å². The van der Waals surface area contributed by atoms with E-state index in [0.29, 0.717) is 18.7 Å². The molecule has 2 N–H and O–H groups in total. The lowest BCUT2D eigenvalue weighted by molar-refractivity contribution is 0.0695. The summed E-state index contributed by atoms with van der Waals surface area (Å²) in [4.78, 5) is 30.0. The van der Waals surface area contributed by atoms with Gasteiger partial charge in [0.25, 0.3) is 0 Å². The number of aromatic carboxylic acids is 1. The fraction of sp³-hybridized carbons (Fsp3) is 0.294. The molecule has 0 aromatic carbocycles. The molecule has 0 spiro atoms. The molecule has 9 heteroatoms. The third kappa shape index (κ3) is 2.13. The quantitative estimate of drug-likeness (QED) is 0.743. The standard InChI is InChI=1S/C17H14FN5O3/c18-12-3-10-14(24)11(17(25)26)6-23(9-1-2-9)15(10)20-16(12)22-5-8-4-19-21-13(8)7-22/h3-4,6,9H,1-2,5,7H2,(H,19,21)(H,25,26). The molecule has 8 nitrogen and oxygen atoms in total. The average molecular weight is 355 g/mol. The van der Waals surface area contributed by atoms with Crippen molar-refractivity contribution in [3.63, 3.8) is 0 Å². The molecule has 132 valence electrons. The van der Waals surface area contributed by atoms with E-state index in [1.807, 2.05) is 0 Å². The molecular weight excluding hydrogens is 341 g/mol. The van der Waals surface area contributed by atoms with Crippen LogP contribution in [0.15, 0.2) is 23.3 Å². The Labute approximate surface area is 145 Å². The van der Waals surface area contributed by atoms with E-state index in [0.717, 1.165) is 30.2 Å². The number of halogens is 1. The summed E-state index contributed by atoms with van der Waals surface area (Å²) in [5.74, 6) is -1.81. The number of nitrogens with zero attached hydrogens (tertiary/aromatic N) is 4. The zero-order valence-corrected chi connectivity index (χ0v) is 13.6. The van der Waals surface area contributed by atoms with Crippen LogP contribution in [0.1, 0.15) is 40.5 Å². The first-order valence-electron chi connectivity index (χ1n) is 8.27. The first kappa shape index (κ1) is 15.1. The van der Waals surface area contributed by atoms with E-state index in [2.05, 4.69) is 15.2 Å². The van der Waals surface area contributed by atoms with Gasteiger partial charge in [0.1, 0.15) is 11.2 Å². The smallest absolute Gasteiger partial charge is 0.341 e. The number of fused-ring (bicyclic) bond motifs is 2. The molecule has 1 fully saturated rings. The summed E-state index contributed by atoms with van der Waals surface area (Å²) in [6, 6.07) is 1.20. The molecule has 0 bridgehead atoms. The van der Waals surface area contributed by atoms with Gasteiger partial charge in [-0.2, -0.15) is 5.10 Å². The zero-order chi connectivity index (χ0) is 18.0. The lowest BCUT2D eigenvalue weighted by Crippen LogP contribution is -2.22. The monoisotopic (exact) mass is 355 g/mol. The van der Waals surface area contributed by atoms with Crippen molar-refractivity contribution in [2.24, 2.45) is 0 Å². The maximum Gasteiger partial charge on any atom is 0.341 e. The minimum atomic E-state index is -1.32. The number of anilines is 1. The Hall–Kier alpha value is -3.23. The predicted molar refractivity (Wildman–Crippen MR) is 89.7 cm³/mol. The molecule has 1 saturated carbocycles. The number of rotatable bonds is 3. The summed E-state index contributed by atoms with van der Waals surface area (Å²) in [6.07, 6.45) is 4.79. The van der Waals surface area contributed by atoms with Gasteiger partial charge in [0, 0.05) is 24.3 Å². The molecule has 26 heavy (non-hydrogen) atoms. The van der Waals surface area contributed by atoms with Gasteiger partial charge < -0.3 is 14.6 Å². The highest BCUT2D eigenvalue weighted by Crippen LogP contribution is 2.37. The number of carbonyl (C=O) groups is 1. The van der Waals surface area contributed by atoms with Gasteiger partial charge >= 0.3 is 5.97 Å². The molecule has 3 aromatic heterocycles. The van der Waals surface area contributed by atoms with Crippen molar-refractivity contribution >= 4 is 22.8 Å². The van der Waals surface area contributed by atoms with Gasteiger partial charge in [0.15, 0.2) is 11.6 Å². The van der Waals surface area contributed by atoms with E-state index in [4.69, 9.17) is 0 Å². The molecule has 0 saturated heterocycles. The van der Waals surface area contributed by atoms with Crippen LogP contribution in [0.4, 0.5) is 10.2 Å². The van der Waals surface area contributed by atoms with E-state index in [1.54, 1.807) is 15.7 Å². The van der Waals surface area contributed by atoms with E-state index < -0.39 is 17.2 Å². The van der Waals surface area contributed by atoms with Gasteiger partial charge in [0.2, 0.25) is 5.43 Å². The number of H-pyrrole nitrogens is 1. The van der Waals surface area contributed by atoms with Gasteiger partial charge in [0.05, 0.1) is 23.8 Å². The van der Waals surface area contributed by atoms with E-state index >= 15 is 0 Å². The Bertz CT molecular complexity index is 1110. The molecule has 1 aliphatic heterocycles. The number of carboxylic acids is 1. The third-order valence-corrected chi connectivity index (χ3v) is 4.93. The molecule has 0 amide bonds. The van der Waals surface area contributed by atoms with Crippen molar-refractivity contribution in [1.82, 2.24) is 19.7 Å². The van der Waals surface area contributed by atoms with Gasteiger partial charge in [-0.15, -0.1) is 0 Å². The van der Waals surface area contributed by atoms with E-state index in [-0.39, 0.29) is 22.8 Å². The zero-order valence-electron chi connectivity index (χ0n) is 13.6. The van der Waals surface area contributed by atoms with Crippen LogP contribution < -0.4 is 10.3 Å². The van der Waals surface area contributed by atoms with Crippen LogP contribution in [0.3, 0.4) is 0 Å². The number of hydrogen-bond donors (Lipinski definition) is 2. The Balaban J connectivity index is 1.70. The predicted octanol–water partition coefficient (Wildman–Crippen LogP) is 1.81. The summed E-state index contributed by atoms with van der Waals surface area (Å²) in [6.45, 7) is 0.924. The van der Waals surface area contributed by atoms with Crippen LogP contribution in [-0.2, 0) is 13.1 Å². The summed E-state index contributed by atoms with van der Waals surface area (Å²) < 4.78 is 16.4. The maximum atomic E-state index is 14.7. The van der Waals surface area contributed by atoms with Crippen molar-refractivity contribution in [1.29, 1.82) is 0 Å². The van der Waals surface area contributed by atoms with Crippen molar-refractivity contribution < 1.29 is 14.3 Å². The minimum Gasteiger partial charge on any atom is -0.477 e. The number of aromatic nitrogens is 4. The maximum absolute atomic E-state index is 14.7. The van der Waals surface area contributed by atoms with Crippen LogP contribution in [-0.4, -0.2) is 30.8 Å². The van der Waals surface area contributed by atoms with Crippen LogP contribution >= 0.6 is 0 Å². The lowest BCUT2D eigenvalue weighted by Gasteiger charge is -2.19. The average Bonchev–Trinajstić information content (AvgIpc) is 3.21. The molecule has 0 atom stereocenters. The number of pyridine rings is 2. The van der Waals surface area contributed by atoms with Gasteiger partial charge in [-0.3, -0.25) is 9.89 Å². The number of nitrogens with one attached hydrogen (secondary N) is 1. The number of hydrogen-bond acceptors (Lipinski definition) is 5. The van der Waals surface area contributed by atoms with Crippen LogP contribution in [0.2, 0.25) is 0 Å². The first-order chi connectivity index (χ1) is 12.5. The highest BCUT2D eigenvalue weighted by atomic mass is 19.1. The Morgan fingerprint density at radius 3 is 2.85 bits per heavy atom. The molecular formula is C17H14FN5O3. The van der Waals surface area contributed by atoms with Crippen LogP contribution in [0.5, 0.6) is 0 Å². The first-order valence-corrected chi connectivity index (χ1v) is 8.27. The topological polar surface area (TPSA) is 104 Å². The summed E-state index contributed by atoms with van der Waals surface area (Å²) in [5.41, 5.74) is 1.14. The Kier molecular flexibility index (Phi) is 2.97. The third-order valence-electron chi connectivity index (χ3n) is 4.93. The fourth-order valence-corrected chi connectivity index (χ4v) is 3.46. The molecule has 0 unspecified atom stereocenters. The molecule has 5 rings (SSSR count). The molecule has 3 aromatic rings. The van der Waals surface area contributed by atoms with Gasteiger partial charge in [-0.1, -0.05) is 0 Å². The second kappa shape index (κ2) is 5.13. The fourth-order valence-electron chi connectivity index (χ4n) is 3.46. The van der Waals surface area contributed by atoms with Crippen molar-refractivity contribution in [3.05, 3.63) is 51.3 Å². The van der Waals surface area contributed by atoms with Crippen LogP contribution in [0, 0.1) is 5.82 Å². The summed E-state index contributed by atoms with van der Waals surface area (Å²) in [5, 5.41) is 16.1. The van der Waals surface area contributed by atoms with Gasteiger partial charge in [-0.25, -0.2) is 14.2 Å².